The van der Waals surface area contributed by atoms with Crippen molar-refractivity contribution in [1.82, 2.24) is 25.1 Å². The van der Waals surface area contributed by atoms with Crippen LogP contribution in [0.1, 0.15) is 51.2 Å². The smallest absolute Gasteiger partial charge is 0.410 e. The van der Waals surface area contributed by atoms with Crippen molar-refractivity contribution < 1.29 is 9.53 Å². The van der Waals surface area contributed by atoms with Crippen LogP contribution in [0.5, 0.6) is 0 Å². The molecule has 0 bridgehead atoms. The Bertz CT molecular complexity index is 632. The molecule has 1 amide bonds. The van der Waals surface area contributed by atoms with Gasteiger partial charge in [0, 0.05) is 32.4 Å². The molecule has 2 fully saturated rings. The molecule has 7 heteroatoms. The van der Waals surface area contributed by atoms with Crippen LogP contribution in [0.15, 0.2) is 12.3 Å². The summed E-state index contributed by atoms with van der Waals surface area (Å²) < 4.78 is 5.53. The summed E-state index contributed by atoms with van der Waals surface area (Å²) in [5.41, 5.74) is 0.657. The van der Waals surface area contributed by atoms with Gasteiger partial charge in [-0.2, -0.15) is 0 Å². The van der Waals surface area contributed by atoms with E-state index in [0.717, 1.165) is 50.5 Å². The predicted molar refractivity (Wildman–Crippen MR) is 104 cm³/mol. The van der Waals surface area contributed by atoms with Crippen LogP contribution in [0.3, 0.4) is 0 Å². The van der Waals surface area contributed by atoms with Gasteiger partial charge in [0.25, 0.3) is 0 Å². The van der Waals surface area contributed by atoms with Gasteiger partial charge in [0.05, 0.1) is 11.7 Å². The van der Waals surface area contributed by atoms with Crippen molar-refractivity contribution in [1.29, 1.82) is 0 Å². The molecule has 7 nitrogen and oxygen atoms in total. The zero-order valence-corrected chi connectivity index (χ0v) is 17.1. The number of piperazine rings is 1. The number of ether oxygens (including phenoxy) is 1. The number of rotatable bonds is 3. The molecule has 0 aliphatic carbocycles. The predicted octanol–water partition coefficient (Wildman–Crippen LogP) is 2.38. The van der Waals surface area contributed by atoms with Crippen molar-refractivity contribution in [3.8, 4) is 0 Å². The number of hydrogen-bond donors (Lipinski definition) is 1. The third kappa shape index (κ3) is 5.39. The lowest BCUT2D eigenvalue weighted by molar-refractivity contribution is 0.00448. The van der Waals surface area contributed by atoms with E-state index in [0.29, 0.717) is 19.0 Å². The molecular formula is C20H33N5O2. The minimum atomic E-state index is -0.454. The van der Waals surface area contributed by atoms with Crippen molar-refractivity contribution in [2.45, 2.75) is 52.2 Å². The first kappa shape index (κ1) is 20.0. The number of nitrogens with zero attached hydrogens (tertiary/aromatic N) is 4. The lowest BCUT2D eigenvalue weighted by Crippen LogP contribution is -2.52. The Labute approximate surface area is 162 Å². The van der Waals surface area contributed by atoms with Gasteiger partial charge >= 0.3 is 6.09 Å². The van der Waals surface area contributed by atoms with Gasteiger partial charge in [-0.3, -0.25) is 4.90 Å². The topological polar surface area (TPSA) is 70.6 Å². The van der Waals surface area contributed by atoms with Crippen molar-refractivity contribution in [3.63, 3.8) is 0 Å². The van der Waals surface area contributed by atoms with Gasteiger partial charge < -0.3 is 15.0 Å². The van der Waals surface area contributed by atoms with Gasteiger partial charge in [0.1, 0.15) is 11.4 Å². The van der Waals surface area contributed by atoms with E-state index in [4.69, 9.17) is 9.72 Å². The molecule has 0 aromatic carbocycles. The van der Waals surface area contributed by atoms with Crippen LogP contribution in [-0.2, 0) is 4.74 Å². The molecule has 2 aliphatic rings. The maximum absolute atomic E-state index is 12.4. The molecule has 0 spiro atoms. The van der Waals surface area contributed by atoms with Crippen LogP contribution in [0, 0.1) is 12.8 Å². The Morgan fingerprint density at radius 1 is 1.22 bits per heavy atom. The molecule has 1 unspecified atom stereocenters. The average Bonchev–Trinajstić information content (AvgIpc) is 2.62. The molecule has 2 saturated heterocycles. The Hall–Kier alpha value is -1.73. The van der Waals surface area contributed by atoms with Crippen molar-refractivity contribution in [2.75, 3.05) is 39.3 Å². The standard InChI is InChI=1S/C20H33N5O2/c1-15-22-10-7-17(23-15)18(16-5-8-21-9-6-16)24-11-13-25(14-12-24)19(26)27-20(2,3)4/h7,10,16,18,21H,5-6,8-9,11-14H2,1-4H3. The quantitative estimate of drug-likeness (QED) is 0.875. The molecule has 3 rings (SSSR count). The molecule has 150 valence electrons. The summed E-state index contributed by atoms with van der Waals surface area (Å²) in [6.07, 6.45) is 3.96. The minimum Gasteiger partial charge on any atom is -0.444 e. The van der Waals surface area contributed by atoms with Gasteiger partial charge in [-0.15, -0.1) is 0 Å². The first-order valence-electron chi connectivity index (χ1n) is 10.1. The highest BCUT2D eigenvalue weighted by Crippen LogP contribution is 2.34. The molecule has 1 aromatic rings. The average molecular weight is 376 g/mol. The number of hydrogen-bond acceptors (Lipinski definition) is 6. The van der Waals surface area contributed by atoms with Gasteiger partial charge in [-0.25, -0.2) is 14.8 Å². The third-order valence-electron chi connectivity index (χ3n) is 5.29. The number of aromatic nitrogens is 2. The molecule has 3 heterocycles. The Balaban J connectivity index is 1.70. The highest BCUT2D eigenvalue weighted by Gasteiger charge is 2.34. The fourth-order valence-corrected chi connectivity index (χ4v) is 4.04. The van der Waals surface area contributed by atoms with Crippen molar-refractivity contribution in [2.24, 2.45) is 5.92 Å². The van der Waals surface area contributed by atoms with Crippen LogP contribution in [0.25, 0.3) is 0 Å². The second-order valence-electron chi connectivity index (χ2n) is 8.56. The second-order valence-corrected chi connectivity index (χ2v) is 8.56. The number of amides is 1. The Morgan fingerprint density at radius 3 is 2.48 bits per heavy atom. The van der Waals surface area contributed by atoms with Gasteiger partial charge in [0.2, 0.25) is 0 Å². The van der Waals surface area contributed by atoms with Crippen LogP contribution >= 0.6 is 0 Å². The van der Waals surface area contributed by atoms with E-state index < -0.39 is 5.60 Å². The number of nitrogens with one attached hydrogen (secondary N) is 1. The van der Waals surface area contributed by atoms with E-state index in [2.05, 4.69) is 21.3 Å². The summed E-state index contributed by atoms with van der Waals surface area (Å²) in [4.78, 5) is 25.7. The van der Waals surface area contributed by atoms with E-state index in [1.807, 2.05) is 38.8 Å². The van der Waals surface area contributed by atoms with E-state index in [1.165, 1.54) is 0 Å². The highest BCUT2D eigenvalue weighted by molar-refractivity contribution is 5.68. The number of piperidine rings is 1. The number of carbonyl (C=O) groups is 1. The van der Waals surface area contributed by atoms with Gasteiger partial charge in [-0.1, -0.05) is 0 Å². The number of carbonyl (C=O) groups excluding carboxylic acids is 1. The fraction of sp³-hybridized carbons (Fsp3) is 0.750. The number of aryl methyl sites for hydroxylation is 1. The maximum Gasteiger partial charge on any atom is 0.410 e. The molecular weight excluding hydrogens is 342 g/mol. The molecule has 1 aromatic heterocycles. The van der Waals surface area contributed by atoms with Crippen molar-refractivity contribution >= 4 is 6.09 Å². The molecule has 1 atom stereocenters. The normalized spacial score (nSPS) is 21.1. The molecule has 1 N–H and O–H groups in total. The van der Waals surface area contributed by atoms with Gasteiger partial charge in [-0.05, 0) is 65.6 Å². The van der Waals surface area contributed by atoms with Crippen LogP contribution in [0.2, 0.25) is 0 Å². The molecule has 0 saturated carbocycles. The fourth-order valence-electron chi connectivity index (χ4n) is 4.04. The summed E-state index contributed by atoms with van der Waals surface area (Å²) in [6, 6.07) is 2.34. The highest BCUT2D eigenvalue weighted by atomic mass is 16.6. The third-order valence-corrected chi connectivity index (χ3v) is 5.29. The van der Waals surface area contributed by atoms with E-state index in [9.17, 15) is 4.79 Å². The monoisotopic (exact) mass is 375 g/mol. The molecule has 0 radical (unpaired) electrons. The second kappa shape index (κ2) is 8.52. The maximum atomic E-state index is 12.4. The van der Waals surface area contributed by atoms with E-state index in [1.54, 1.807) is 0 Å². The van der Waals surface area contributed by atoms with Crippen LogP contribution < -0.4 is 5.32 Å². The Kier molecular flexibility index (Phi) is 6.32. The van der Waals surface area contributed by atoms with E-state index in [-0.39, 0.29) is 12.1 Å². The lowest BCUT2D eigenvalue weighted by Gasteiger charge is -2.43. The van der Waals surface area contributed by atoms with Crippen LogP contribution in [-0.4, -0.2) is 70.7 Å². The lowest BCUT2D eigenvalue weighted by atomic mass is 9.86. The summed E-state index contributed by atoms with van der Waals surface area (Å²) in [5.74, 6) is 1.40. The summed E-state index contributed by atoms with van der Waals surface area (Å²) in [6.45, 7) is 12.9. The molecule has 2 aliphatic heterocycles. The summed E-state index contributed by atoms with van der Waals surface area (Å²) in [5, 5.41) is 3.46. The first-order chi connectivity index (χ1) is 12.8. The largest absolute Gasteiger partial charge is 0.444 e. The minimum absolute atomic E-state index is 0.210. The zero-order chi connectivity index (χ0) is 19.4. The van der Waals surface area contributed by atoms with E-state index >= 15 is 0 Å². The summed E-state index contributed by atoms with van der Waals surface area (Å²) in [7, 11) is 0. The molecule has 27 heavy (non-hydrogen) atoms. The van der Waals surface area contributed by atoms with Crippen molar-refractivity contribution in [3.05, 3.63) is 23.8 Å². The zero-order valence-electron chi connectivity index (χ0n) is 17.1. The first-order valence-corrected chi connectivity index (χ1v) is 10.1. The van der Waals surface area contributed by atoms with Gasteiger partial charge in [0.15, 0.2) is 0 Å². The Morgan fingerprint density at radius 2 is 1.89 bits per heavy atom. The van der Waals surface area contributed by atoms with Crippen LogP contribution in [0.4, 0.5) is 4.79 Å². The SMILES string of the molecule is Cc1nccc(C(C2CCNCC2)N2CCN(C(=O)OC(C)(C)C)CC2)n1. The summed E-state index contributed by atoms with van der Waals surface area (Å²) >= 11 is 0.